The van der Waals surface area contributed by atoms with Gasteiger partial charge in [0.1, 0.15) is 4.90 Å². The molecule has 0 saturated heterocycles. The van der Waals surface area contributed by atoms with Crippen LogP contribution in [0.3, 0.4) is 0 Å². The predicted molar refractivity (Wildman–Crippen MR) is 79.9 cm³/mol. The van der Waals surface area contributed by atoms with Crippen LogP contribution in [0.15, 0.2) is 29.3 Å². The minimum absolute atomic E-state index is 0.121. The Morgan fingerprint density at radius 3 is 2.65 bits per heavy atom. The molecule has 1 aromatic heterocycles. The quantitative estimate of drug-likeness (QED) is 0.933. The molecular weight excluding hydrogens is 321 g/mol. The zero-order chi connectivity index (χ0) is 14.9. The number of aryl methyl sites for hydroxylation is 2. The summed E-state index contributed by atoms with van der Waals surface area (Å²) in [5.74, 6) is 0. The van der Waals surface area contributed by atoms with Crippen LogP contribution in [0.5, 0.6) is 0 Å². The summed E-state index contributed by atoms with van der Waals surface area (Å²) in [6.45, 7) is 4.11. The second-order valence-electron chi connectivity index (χ2n) is 4.16. The highest BCUT2D eigenvalue weighted by molar-refractivity contribution is 7.92. The van der Waals surface area contributed by atoms with E-state index in [1.165, 1.54) is 18.3 Å². The van der Waals surface area contributed by atoms with Gasteiger partial charge in [-0.05, 0) is 32.0 Å². The van der Waals surface area contributed by atoms with E-state index >= 15 is 0 Å². The largest absolute Gasteiger partial charge is 0.278 e. The maximum Gasteiger partial charge on any atom is 0.265 e. The normalized spacial score (nSPS) is 11.6. The van der Waals surface area contributed by atoms with E-state index in [2.05, 4.69) is 9.82 Å². The third-order valence-corrected chi connectivity index (χ3v) is 4.72. The molecule has 0 atom stereocenters. The van der Waals surface area contributed by atoms with Gasteiger partial charge in [0.2, 0.25) is 0 Å². The van der Waals surface area contributed by atoms with Gasteiger partial charge in [-0.15, -0.1) is 0 Å². The van der Waals surface area contributed by atoms with Gasteiger partial charge in [0.15, 0.2) is 0 Å². The fourth-order valence-corrected chi connectivity index (χ4v) is 3.35. The van der Waals surface area contributed by atoms with Crippen molar-refractivity contribution in [1.82, 2.24) is 9.78 Å². The van der Waals surface area contributed by atoms with Gasteiger partial charge in [0.05, 0.1) is 16.4 Å². The highest BCUT2D eigenvalue weighted by Gasteiger charge is 2.21. The Bertz CT molecular complexity index is 741. The molecule has 0 fully saturated rings. The molecule has 20 heavy (non-hydrogen) atoms. The molecule has 0 amide bonds. The number of aromatic nitrogens is 2. The lowest BCUT2D eigenvalue weighted by atomic mass is 10.3. The summed E-state index contributed by atoms with van der Waals surface area (Å²) in [6, 6.07) is 4.58. The fraction of sp³-hybridized carbons (Fsp3) is 0.250. The van der Waals surface area contributed by atoms with E-state index in [0.717, 1.165) is 0 Å². The van der Waals surface area contributed by atoms with Crippen molar-refractivity contribution >= 4 is 38.9 Å². The van der Waals surface area contributed by atoms with Gasteiger partial charge >= 0.3 is 0 Å². The lowest BCUT2D eigenvalue weighted by molar-refractivity contribution is 0.600. The molecule has 0 unspecified atom stereocenters. The van der Waals surface area contributed by atoms with Gasteiger partial charge in [-0.25, -0.2) is 8.42 Å². The van der Waals surface area contributed by atoms with Crippen LogP contribution in [0, 0.1) is 6.92 Å². The minimum Gasteiger partial charge on any atom is -0.278 e. The highest BCUT2D eigenvalue weighted by Crippen LogP contribution is 2.28. The molecule has 2 aromatic rings. The summed E-state index contributed by atoms with van der Waals surface area (Å²) in [7, 11) is -3.75. The first-order valence-electron chi connectivity index (χ1n) is 5.85. The molecule has 0 saturated carbocycles. The monoisotopic (exact) mass is 333 g/mol. The van der Waals surface area contributed by atoms with Crippen molar-refractivity contribution in [2.45, 2.75) is 25.3 Å². The second-order valence-corrected chi connectivity index (χ2v) is 6.66. The van der Waals surface area contributed by atoms with Crippen molar-refractivity contribution in [2.24, 2.45) is 0 Å². The van der Waals surface area contributed by atoms with Crippen LogP contribution in [-0.2, 0) is 16.6 Å². The Morgan fingerprint density at radius 1 is 1.35 bits per heavy atom. The summed E-state index contributed by atoms with van der Waals surface area (Å²) in [5, 5.41) is 4.79. The Kier molecular flexibility index (Phi) is 4.27. The van der Waals surface area contributed by atoms with Crippen LogP contribution in [0.4, 0.5) is 5.69 Å². The minimum atomic E-state index is -3.75. The number of nitrogens with one attached hydrogen (secondary N) is 1. The van der Waals surface area contributed by atoms with Crippen molar-refractivity contribution in [1.29, 1.82) is 0 Å². The second kappa shape index (κ2) is 5.63. The van der Waals surface area contributed by atoms with Crippen molar-refractivity contribution < 1.29 is 8.42 Å². The molecule has 0 bridgehead atoms. The van der Waals surface area contributed by atoms with Crippen LogP contribution < -0.4 is 4.72 Å². The lowest BCUT2D eigenvalue weighted by Crippen LogP contribution is -2.13. The number of benzene rings is 1. The number of hydrogen-bond donors (Lipinski definition) is 1. The van der Waals surface area contributed by atoms with Crippen LogP contribution in [0.25, 0.3) is 0 Å². The van der Waals surface area contributed by atoms with Gasteiger partial charge in [0, 0.05) is 17.8 Å². The fourth-order valence-electron chi connectivity index (χ4n) is 1.70. The molecule has 2 rings (SSSR count). The molecular formula is C12H13Cl2N3O2S. The Balaban J connectivity index is 2.40. The summed E-state index contributed by atoms with van der Waals surface area (Å²) < 4.78 is 28.7. The molecule has 1 heterocycles. The van der Waals surface area contributed by atoms with Crippen molar-refractivity contribution in [3.63, 3.8) is 0 Å². The molecule has 0 radical (unpaired) electrons. The van der Waals surface area contributed by atoms with E-state index in [1.807, 2.05) is 6.92 Å². The van der Waals surface area contributed by atoms with Gasteiger partial charge in [-0.2, -0.15) is 5.10 Å². The number of anilines is 1. The van der Waals surface area contributed by atoms with Gasteiger partial charge in [-0.3, -0.25) is 9.40 Å². The molecule has 108 valence electrons. The predicted octanol–water partition coefficient (Wildman–Crippen LogP) is 3.32. The van der Waals surface area contributed by atoms with Gasteiger partial charge < -0.3 is 0 Å². The molecule has 0 aliphatic heterocycles. The van der Waals surface area contributed by atoms with E-state index in [4.69, 9.17) is 23.2 Å². The first kappa shape index (κ1) is 15.2. The van der Waals surface area contributed by atoms with Crippen LogP contribution in [0.2, 0.25) is 10.0 Å². The van der Waals surface area contributed by atoms with E-state index in [1.54, 1.807) is 17.7 Å². The Morgan fingerprint density at radius 2 is 2.05 bits per heavy atom. The molecule has 0 aliphatic carbocycles. The highest BCUT2D eigenvalue weighted by atomic mass is 35.5. The van der Waals surface area contributed by atoms with E-state index in [0.29, 0.717) is 17.3 Å². The van der Waals surface area contributed by atoms with Gasteiger partial charge in [0.25, 0.3) is 10.0 Å². The molecule has 0 spiro atoms. The van der Waals surface area contributed by atoms with Crippen molar-refractivity contribution in [3.8, 4) is 0 Å². The van der Waals surface area contributed by atoms with Crippen molar-refractivity contribution in [3.05, 3.63) is 40.1 Å². The number of nitrogens with zero attached hydrogens (tertiary/aromatic N) is 2. The number of halogens is 2. The summed E-state index contributed by atoms with van der Waals surface area (Å²) in [5.41, 5.74) is 0.667. The first-order chi connectivity index (χ1) is 9.33. The zero-order valence-corrected chi connectivity index (χ0v) is 13.2. The zero-order valence-electron chi connectivity index (χ0n) is 10.9. The topological polar surface area (TPSA) is 64.0 Å². The van der Waals surface area contributed by atoms with E-state index < -0.39 is 10.0 Å². The standard InChI is InChI=1S/C12H13Cl2N3O2S/c1-3-17-7-12(8(2)15-17)20(18,19)16-11-6-9(13)4-5-10(11)14/h4-7,16H,3H2,1-2H3. The third kappa shape index (κ3) is 3.08. The van der Waals surface area contributed by atoms with Crippen LogP contribution >= 0.6 is 23.2 Å². The molecule has 8 heteroatoms. The number of rotatable bonds is 4. The molecule has 5 nitrogen and oxygen atoms in total. The maximum absolute atomic E-state index is 12.3. The van der Waals surface area contributed by atoms with Crippen LogP contribution in [0.1, 0.15) is 12.6 Å². The summed E-state index contributed by atoms with van der Waals surface area (Å²) >= 11 is 11.8. The summed E-state index contributed by atoms with van der Waals surface area (Å²) in [4.78, 5) is 0.121. The first-order valence-corrected chi connectivity index (χ1v) is 8.09. The molecule has 1 aromatic carbocycles. The van der Waals surface area contributed by atoms with Gasteiger partial charge in [-0.1, -0.05) is 23.2 Å². The average molecular weight is 334 g/mol. The molecule has 0 aliphatic rings. The van der Waals surface area contributed by atoms with Crippen molar-refractivity contribution in [2.75, 3.05) is 4.72 Å². The molecule has 1 N–H and O–H groups in total. The smallest absolute Gasteiger partial charge is 0.265 e. The average Bonchev–Trinajstić information content (AvgIpc) is 2.76. The maximum atomic E-state index is 12.3. The number of hydrogen-bond acceptors (Lipinski definition) is 3. The van der Waals surface area contributed by atoms with E-state index in [-0.39, 0.29) is 15.6 Å². The third-order valence-electron chi connectivity index (χ3n) is 2.69. The Labute approximate surface area is 127 Å². The van der Waals surface area contributed by atoms with E-state index in [9.17, 15) is 8.42 Å². The lowest BCUT2D eigenvalue weighted by Gasteiger charge is -2.09. The Hall–Kier alpha value is -1.24. The number of sulfonamides is 1. The van der Waals surface area contributed by atoms with Crippen LogP contribution in [-0.4, -0.2) is 18.2 Å². The SMILES string of the molecule is CCn1cc(S(=O)(=O)Nc2cc(Cl)ccc2Cl)c(C)n1. The summed E-state index contributed by atoms with van der Waals surface area (Å²) in [6.07, 6.45) is 1.48.